The molecule has 41 heavy (non-hydrogen) atoms. The fourth-order valence-electron chi connectivity index (χ4n) is 5.43. The number of halogens is 1. The van der Waals surface area contributed by atoms with Gasteiger partial charge in [0.25, 0.3) is 0 Å². The Hall–Kier alpha value is -4.06. The summed E-state index contributed by atoms with van der Waals surface area (Å²) < 4.78 is 32.1. The third kappa shape index (κ3) is 5.74. The highest BCUT2D eigenvalue weighted by Crippen LogP contribution is 2.39. The molecule has 4 heterocycles. The largest absolute Gasteiger partial charge is 0.497 e. The lowest BCUT2D eigenvalue weighted by Gasteiger charge is -2.40. The Balaban J connectivity index is 1.37. The number of ether oxygens (including phenoxy) is 3. The van der Waals surface area contributed by atoms with Gasteiger partial charge in [-0.3, -0.25) is 9.59 Å². The van der Waals surface area contributed by atoms with Crippen LogP contribution in [-0.4, -0.2) is 82.3 Å². The summed E-state index contributed by atoms with van der Waals surface area (Å²) in [5, 5.41) is 6.79. The molecule has 2 saturated heterocycles. The van der Waals surface area contributed by atoms with Gasteiger partial charge in [0.1, 0.15) is 34.9 Å². The zero-order valence-electron chi connectivity index (χ0n) is 23.6. The minimum Gasteiger partial charge on any atom is -0.497 e. The lowest BCUT2D eigenvalue weighted by atomic mass is 9.72. The van der Waals surface area contributed by atoms with Gasteiger partial charge in [-0.15, -0.1) is 0 Å². The number of rotatable bonds is 5. The molecule has 1 aromatic carbocycles. The Bertz CT molecular complexity index is 1440. The number of nitrogens with zero attached hydrogens (tertiary/aromatic N) is 4. The summed E-state index contributed by atoms with van der Waals surface area (Å²) >= 11 is 0. The highest BCUT2D eigenvalue weighted by molar-refractivity contribution is 6.00. The van der Waals surface area contributed by atoms with Crippen molar-refractivity contribution < 1.29 is 33.0 Å². The fraction of sp³-hybridized carbons (Fsp3) is 0.483. The fourth-order valence-corrected chi connectivity index (χ4v) is 5.43. The molecule has 0 radical (unpaired) electrons. The van der Waals surface area contributed by atoms with Gasteiger partial charge < -0.3 is 24.4 Å². The van der Waals surface area contributed by atoms with Gasteiger partial charge >= 0.3 is 6.09 Å². The average Bonchev–Trinajstić information content (AvgIpc) is 3.55. The maximum absolute atomic E-state index is 14.8. The molecular weight excluding hydrogens is 533 g/mol. The molecular formula is C29H34FN5O6. The standard InChI is InChI=1S/C29H34FN5O6/c1-28(2,3)41-27(38)35-22-9-10-24(32-21(22)16-31-35)33-25(36)23-15-19(30)17-34(23)26(37)29(11-13-40-14-12-29)18-5-7-20(39-4)8-6-18/h5-10,16,19,23H,11-15,17H2,1-4H3,(H,32,33,36)/t19-,23-/m1/s1. The predicted octanol–water partition coefficient (Wildman–Crippen LogP) is 3.85. The first-order valence-corrected chi connectivity index (χ1v) is 13.6. The maximum Gasteiger partial charge on any atom is 0.435 e. The van der Waals surface area contributed by atoms with Crippen LogP contribution in [0.1, 0.15) is 45.6 Å². The van der Waals surface area contributed by atoms with E-state index >= 15 is 0 Å². The van der Waals surface area contributed by atoms with Gasteiger partial charge in [0.05, 0.1) is 30.8 Å². The Labute approximate surface area is 236 Å². The van der Waals surface area contributed by atoms with Crippen molar-refractivity contribution in [3.05, 3.63) is 48.2 Å². The number of pyridine rings is 1. The summed E-state index contributed by atoms with van der Waals surface area (Å²) in [4.78, 5) is 45.8. The molecule has 5 rings (SSSR count). The first kappa shape index (κ1) is 28.5. The van der Waals surface area contributed by atoms with E-state index in [0.717, 1.165) is 10.2 Å². The molecule has 0 aliphatic carbocycles. The van der Waals surface area contributed by atoms with E-state index in [0.29, 0.717) is 42.8 Å². The van der Waals surface area contributed by atoms with Crippen molar-refractivity contribution in [3.63, 3.8) is 0 Å². The van der Waals surface area contributed by atoms with Crippen LogP contribution in [0.5, 0.6) is 5.75 Å². The quantitative estimate of drug-likeness (QED) is 0.493. The number of nitrogens with one attached hydrogen (secondary N) is 1. The summed E-state index contributed by atoms with van der Waals surface area (Å²) in [6.45, 7) is 5.84. The van der Waals surface area contributed by atoms with Crippen LogP contribution >= 0.6 is 0 Å². The van der Waals surface area contributed by atoms with Crippen LogP contribution in [0.2, 0.25) is 0 Å². The van der Waals surface area contributed by atoms with Crippen molar-refractivity contribution in [1.82, 2.24) is 19.7 Å². The third-order valence-electron chi connectivity index (χ3n) is 7.46. The molecule has 12 heteroatoms. The SMILES string of the molecule is COc1ccc(C2(C(=O)N3C[C@H](F)C[C@@H]3C(=O)Nc3ccc4c(cnn4C(=O)OC(C)(C)C)n3)CCOCC2)cc1. The zero-order chi connectivity index (χ0) is 29.4. The first-order chi connectivity index (χ1) is 19.5. The monoisotopic (exact) mass is 567 g/mol. The number of carbonyl (C=O) groups excluding carboxylic acids is 3. The molecule has 11 nitrogen and oxygen atoms in total. The Morgan fingerprint density at radius 3 is 2.46 bits per heavy atom. The molecule has 2 aliphatic heterocycles. The number of hydrogen-bond acceptors (Lipinski definition) is 8. The molecule has 2 fully saturated rings. The maximum atomic E-state index is 14.8. The molecule has 0 unspecified atom stereocenters. The van der Waals surface area contributed by atoms with Crippen molar-refractivity contribution in [2.45, 2.75) is 63.3 Å². The van der Waals surface area contributed by atoms with E-state index < -0.39 is 35.2 Å². The van der Waals surface area contributed by atoms with Crippen LogP contribution in [-0.2, 0) is 24.5 Å². The molecule has 3 aromatic rings. The minimum atomic E-state index is -1.34. The third-order valence-corrected chi connectivity index (χ3v) is 7.46. The number of methoxy groups -OCH3 is 1. The number of carbonyl (C=O) groups is 3. The van der Waals surface area contributed by atoms with E-state index in [1.54, 1.807) is 46.1 Å². The minimum absolute atomic E-state index is 0.119. The van der Waals surface area contributed by atoms with Gasteiger partial charge in [0, 0.05) is 19.6 Å². The van der Waals surface area contributed by atoms with E-state index in [-0.39, 0.29) is 24.7 Å². The molecule has 2 amide bonds. The van der Waals surface area contributed by atoms with E-state index in [4.69, 9.17) is 14.2 Å². The van der Waals surface area contributed by atoms with Gasteiger partial charge in [0.2, 0.25) is 11.8 Å². The molecule has 0 bridgehead atoms. The van der Waals surface area contributed by atoms with Gasteiger partial charge in [0.15, 0.2) is 0 Å². The zero-order valence-corrected chi connectivity index (χ0v) is 23.6. The summed E-state index contributed by atoms with van der Waals surface area (Å²) in [7, 11) is 1.57. The number of alkyl halides is 1. The van der Waals surface area contributed by atoms with E-state index in [1.807, 2.05) is 12.1 Å². The number of amides is 2. The first-order valence-electron chi connectivity index (χ1n) is 13.6. The molecule has 0 spiro atoms. The second-order valence-corrected chi connectivity index (χ2v) is 11.4. The average molecular weight is 568 g/mol. The number of hydrogen-bond donors (Lipinski definition) is 1. The van der Waals surface area contributed by atoms with Crippen molar-refractivity contribution in [3.8, 4) is 5.75 Å². The lowest BCUT2D eigenvalue weighted by Crippen LogP contribution is -2.53. The number of likely N-dealkylation sites (tertiary alicyclic amines) is 1. The van der Waals surface area contributed by atoms with Crippen molar-refractivity contribution in [1.29, 1.82) is 0 Å². The van der Waals surface area contributed by atoms with Gasteiger partial charge in [-0.25, -0.2) is 14.2 Å². The summed E-state index contributed by atoms with van der Waals surface area (Å²) in [5.41, 5.74) is -0.105. The molecule has 0 saturated carbocycles. The van der Waals surface area contributed by atoms with Crippen LogP contribution < -0.4 is 10.1 Å². The lowest BCUT2D eigenvalue weighted by molar-refractivity contribution is -0.145. The van der Waals surface area contributed by atoms with E-state index in [2.05, 4.69) is 15.4 Å². The highest BCUT2D eigenvalue weighted by Gasteiger charge is 2.50. The highest BCUT2D eigenvalue weighted by atomic mass is 19.1. The summed E-state index contributed by atoms with van der Waals surface area (Å²) in [6, 6.07) is 9.36. The van der Waals surface area contributed by atoms with Crippen molar-refractivity contribution in [2.75, 3.05) is 32.2 Å². The van der Waals surface area contributed by atoms with Crippen LogP contribution in [0.4, 0.5) is 15.0 Å². The predicted molar refractivity (Wildman–Crippen MR) is 148 cm³/mol. The van der Waals surface area contributed by atoms with Crippen molar-refractivity contribution in [2.24, 2.45) is 0 Å². The summed E-state index contributed by atoms with van der Waals surface area (Å²) in [5.74, 6) is 0.0128. The second kappa shape index (κ2) is 11.1. The molecule has 1 N–H and O–H groups in total. The van der Waals surface area contributed by atoms with Crippen molar-refractivity contribution >= 4 is 34.8 Å². The summed E-state index contributed by atoms with van der Waals surface area (Å²) in [6.07, 6.45) is 0.108. The normalized spacial score (nSPS) is 20.6. The number of anilines is 1. The molecule has 2 aromatic heterocycles. The Kier molecular flexibility index (Phi) is 7.69. The Morgan fingerprint density at radius 2 is 1.80 bits per heavy atom. The number of aromatic nitrogens is 3. The van der Waals surface area contributed by atoms with Crippen LogP contribution in [0.25, 0.3) is 11.0 Å². The van der Waals surface area contributed by atoms with E-state index in [9.17, 15) is 18.8 Å². The smallest absolute Gasteiger partial charge is 0.435 e. The topological polar surface area (TPSA) is 125 Å². The molecule has 2 atom stereocenters. The second-order valence-electron chi connectivity index (χ2n) is 11.4. The van der Waals surface area contributed by atoms with Gasteiger partial charge in [-0.05, 0) is 63.4 Å². The van der Waals surface area contributed by atoms with Gasteiger partial charge in [-0.2, -0.15) is 9.78 Å². The number of fused-ring (bicyclic) bond motifs is 1. The van der Waals surface area contributed by atoms with E-state index in [1.165, 1.54) is 17.2 Å². The molecule has 2 aliphatic rings. The van der Waals surface area contributed by atoms with Crippen LogP contribution in [0.15, 0.2) is 42.6 Å². The van der Waals surface area contributed by atoms with Crippen LogP contribution in [0.3, 0.4) is 0 Å². The van der Waals surface area contributed by atoms with Crippen LogP contribution in [0, 0.1) is 0 Å². The Morgan fingerprint density at radius 1 is 1.10 bits per heavy atom. The number of benzene rings is 1. The van der Waals surface area contributed by atoms with Gasteiger partial charge in [-0.1, -0.05) is 12.1 Å². The molecule has 218 valence electrons.